The van der Waals surface area contributed by atoms with Crippen LogP contribution in [0.1, 0.15) is 16.7 Å². The molecule has 22 heavy (non-hydrogen) atoms. The maximum absolute atomic E-state index is 8.98. The highest BCUT2D eigenvalue weighted by Gasteiger charge is 2.18. The molecule has 1 aliphatic heterocycles. The largest absolute Gasteiger partial charge is 0.369 e. The second kappa shape index (κ2) is 6.64. The average Bonchev–Trinajstić information content (AvgIpc) is 2.56. The third kappa shape index (κ3) is 3.29. The molecule has 2 aromatic rings. The minimum Gasteiger partial charge on any atom is -0.369 e. The van der Waals surface area contributed by atoms with Gasteiger partial charge in [-0.25, -0.2) is 0 Å². The molecule has 0 radical (unpaired) electrons. The molecule has 0 N–H and O–H groups in total. The molecule has 0 saturated carbocycles. The number of anilines is 1. The summed E-state index contributed by atoms with van der Waals surface area (Å²) in [6, 6.07) is 18.7. The molecule has 3 rings (SSSR count). The van der Waals surface area contributed by atoms with Gasteiger partial charge >= 0.3 is 0 Å². The number of piperazine rings is 1. The van der Waals surface area contributed by atoms with Gasteiger partial charge in [-0.2, -0.15) is 5.26 Å². The summed E-state index contributed by atoms with van der Waals surface area (Å²) in [6.45, 7) is 7.34. The predicted molar refractivity (Wildman–Crippen MR) is 89.8 cm³/mol. The van der Waals surface area contributed by atoms with Gasteiger partial charge in [0, 0.05) is 38.4 Å². The molecule has 0 spiro atoms. The predicted octanol–water partition coefficient (Wildman–Crippen LogP) is 3.19. The van der Waals surface area contributed by atoms with Crippen LogP contribution < -0.4 is 4.90 Å². The van der Waals surface area contributed by atoms with Crippen LogP contribution in [-0.2, 0) is 6.54 Å². The first-order chi connectivity index (χ1) is 10.8. The first-order valence-corrected chi connectivity index (χ1v) is 7.78. The van der Waals surface area contributed by atoms with Gasteiger partial charge in [-0.15, -0.1) is 0 Å². The lowest BCUT2D eigenvalue weighted by atomic mass is 10.1. The molecule has 2 aromatic carbocycles. The van der Waals surface area contributed by atoms with Crippen molar-refractivity contribution in [1.82, 2.24) is 4.90 Å². The van der Waals surface area contributed by atoms with Gasteiger partial charge in [0.25, 0.3) is 0 Å². The molecule has 0 bridgehead atoms. The van der Waals surface area contributed by atoms with E-state index in [0.717, 1.165) is 38.3 Å². The zero-order chi connectivity index (χ0) is 15.4. The summed E-state index contributed by atoms with van der Waals surface area (Å²) in [4.78, 5) is 4.93. The molecule has 1 fully saturated rings. The van der Waals surface area contributed by atoms with Crippen LogP contribution in [0.25, 0.3) is 0 Å². The van der Waals surface area contributed by atoms with Crippen LogP contribution in [0.15, 0.2) is 48.5 Å². The van der Waals surface area contributed by atoms with E-state index in [1.807, 2.05) is 18.2 Å². The quantitative estimate of drug-likeness (QED) is 0.870. The third-order valence-corrected chi connectivity index (χ3v) is 4.29. The van der Waals surface area contributed by atoms with Crippen LogP contribution in [0, 0.1) is 18.3 Å². The molecule has 112 valence electrons. The van der Waals surface area contributed by atoms with Crippen molar-refractivity contribution in [2.24, 2.45) is 0 Å². The number of hydrogen-bond acceptors (Lipinski definition) is 3. The van der Waals surface area contributed by atoms with E-state index in [1.54, 1.807) is 0 Å². The Morgan fingerprint density at radius 1 is 1.00 bits per heavy atom. The first kappa shape index (κ1) is 14.6. The Bertz CT molecular complexity index is 679. The van der Waals surface area contributed by atoms with E-state index in [2.05, 4.69) is 53.1 Å². The lowest BCUT2D eigenvalue weighted by Gasteiger charge is -2.36. The van der Waals surface area contributed by atoms with Gasteiger partial charge in [-0.05, 0) is 36.2 Å². The number of hydrogen-bond donors (Lipinski definition) is 0. The summed E-state index contributed by atoms with van der Waals surface area (Å²) >= 11 is 0. The molecule has 0 amide bonds. The molecule has 1 saturated heterocycles. The SMILES string of the molecule is Cc1ccccc1N1CCN(Cc2cccc(C#N)c2)CC1. The molecule has 0 atom stereocenters. The number of nitrogens with zero attached hydrogens (tertiary/aromatic N) is 3. The van der Waals surface area contributed by atoms with Crippen molar-refractivity contribution < 1.29 is 0 Å². The molecule has 3 heteroatoms. The van der Waals surface area contributed by atoms with Gasteiger partial charge in [-0.3, -0.25) is 4.90 Å². The smallest absolute Gasteiger partial charge is 0.0991 e. The van der Waals surface area contributed by atoms with Crippen LogP contribution in [0.5, 0.6) is 0 Å². The monoisotopic (exact) mass is 291 g/mol. The first-order valence-electron chi connectivity index (χ1n) is 7.78. The van der Waals surface area contributed by atoms with E-state index in [-0.39, 0.29) is 0 Å². The number of para-hydroxylation sites is 1. The summed E-state index contributed by atoms with van der Waals surface area (Å²) in [7, 11) is 0. The number of rotatable bonds is 3. The second-order valence-electron chi connectivity index (χ2n) is 5.86. The Hall–Kier alpha value is -2.31. The molecule has 1 heterocycles. The van der Waals surface area contributed by atoms with Crippen molar-refractivity contribution in [2.75, 3.05) is 31.1 Å². The van der Waals surface area contributed by atoms with E-state index >= 15 is 0 Å². The van der Waals surface area contributed by atoms with Crippen LogP contribution in [0.4, 0.5) is 5.69 Å². The van der Waals surface area contributed by atoms with Crippen LogP contribution in [0.2, 0.25) is 0 Å². The van der Waals surface area contributed by atoms with E-state index in [1.165, 1.54) is 16.8 Å². The van der Waals surface area contributed by atoms with Gasteiger partial charge in [0.05, 0.1) is 11.6 Å². The lowest BCUT2D eigenvalue weighted by molar-refractivity contribution is 0.250. The van der Waals surface area contributed by atoms with Crippen molar-refractivity contribution in [2.45, 2.75) is 13.5 Å². The highest BCUT2D eigenvalue weighted by molar-refractivity contribution is 5.53. The molecule has 1 aliphatic rings. The van der Waals surface area contributed by atoms with Gasteiger partial charge in [0.1, 0.15) is 0 Å². The lowest BCUT2D eigenvalue weighted by Crippen LogP contribution is -2.46. The summed E-state index contributed by atoms with van der Waals surface area (Å²) < 4.78 is 0. The zero-order valence-electron chi connectivity index (χ0n) is 13.0. The summed E-state index contributed by atoms with van der Waals surface area (Å²) in [5.74, 6) is 0. The average molecular weight is 291 g/mol. The van der Waals surface area contributed by atoms with E-state index in [4.69, 9.17) is 5.26 Å². The summed E-state index contributed by atoms with van der Waals surface area (Å²) in [5.41, 5.74) is 4.67. The Morgan fingerprint density at radius 2 is 1.77 bits per heavy atom. The molecular formula is C19H21N3. The highest BCUT2D eigenvalue weighted by atomic mass is 15.3. The van der Waals surface area contributed by atoms with Crippen LogP contribution in [-0.4, -0.2) is 31.1 Å². The third-order valence-electron chi connectivity index (χ3n) is 4.29. The van der Waals surface area contributed by atoms with Gasteiger partial charge in [0.15, 0.2) is 0 Å². The maximum Gasteiger partial charge on any atom is 0.0991 e. The second-order valence-corrected chi connectivity index (χ2v) is 5.86. The van der Waals surface area contributed by atoms with E-state index in [0.29, 0.717) is 0 Å². The Labute approximate surface area is 132 Å². The van der Waals surface area contributed by atoms with Crippen LogP contribution >= 0.6 is 0 Å². The van der Waals surface area contributed by atoms with E-state index < -0.39 is 0 Å². The number of aryl methyl sites for hydroxylation is 1. The number of nitriles is 1. The fourth-order valence-corrected chi connectivity index (χ4v) is 3.06. The van der Waals surface area contributed by atoms with Crippen LogP contribution in [0.3, 0.4) is 0 Å². The Morgan fingerprint density at radius 3 is 2.50 bits per heavy atom. The standard InChI is InChI=1S/C19H21N3/c1-16-5-2-3-8-19(16)22-11-9-21(10-12-22)15-18-7-4-6-17(13-18)14-20/h2-8,13H,9-12,15H2,1H3. The highest BCUT2D eigenvalue weighted by Crippen LogP contribution is 2.21. The molecule has 0 aromatic heterocycles. The van der Waals surface area contributed by atoms with Crippen molar-refractivity contribution >= 4 is 5.69 Å². The maximum atomic E-state index is 8.98. The minimum atomic E-state index is 0.746. The fraction of sp³-hybridized carbons (Fsp3) is 0.316. The molecular weight excluding hydrogens is 270 g/mol. The molecule has 0 aliphatic carbocycles. The van der Waals surface area contributed by atoms with Crippen molar-refractivity contribution in [3.8, 4) is 6.07 Å². The normalized spacial score (nSPS) is 15.5. The zero-order valence-corrected chi connectivity index (χ0v) is 13.0. The van der Waals surface area contributed by atoms with Gasteiger partial charge in [-0.1, -0.05) is 30.3 Å². The topological polar surface area (TPSA) is 30.3 Å². The Kier molecular flexibility index (Phi) is 4.41. The number of benzene rings is 2. The summed E-state index contributed by atoms with van der Waals surface area (Å²) in [5, 5.41) is 8.98. The Balaban J connectivity index is 1.60. The van der Waals surface area contributed by atoms with Crippen molar-refractivity contribution in [1.29, 1.82) is 5.26 Å². The fourth-order valence-electron chi connectivity index (χ4n) is 3.06. The van der Waals surface area contributed by atoms with Gasteiger partial charge in [0.2, 0.25) is 0 Å². The molecule has 3 nitrogen and oxygen atoms in total. The minimum absolute atomic E-state index is 0.746. The molecule has 0 unspecified atom stereocenters. The van der Waals surface area contributed by atoms with Crippen molar-refractivity contribution in [3.63, 3.8) is 0 Å². The van der Waals surface area contributed by atoms with Gasteiger partial charge < -0.3 is 4.90 Å². The summed E-state index contributed by atoms with van der Waals surface area (Å²) in [6.07, 6.45) is 0. The van der Waals surface area contributed by atoms with E-state index in [9.17, 15) is 0 Å². The van der Waals surface area contributed by atoms with Crippen molar-refractivity contribution in [3.05, 3.63) is 65.2 Å².